The van der Waals surface area contributed by atoms with Gasteiger partial charge < -0.3 is 10.6 Å². The van der Waals surface area contributed by atoms with E-state index in [4.69, 9.17) is 5.73 Å². The molecule has 1 unspecified atom stereocenters. The van der Waals surface area contributed by atoms with Crippen LogP contribution in [0.25, 0.3) is 10.9 Å². The first-order valence-electron chi connectivity index (χ1n) is 7.30. The molecule has 3 rings (SSSR count). The molecule has 1 aromatic heterocycles. The van der Waals surface area contributed by atoms with E-state index in [1.165, 1.54) is 29.5 Å². The summed E-state index contributed by atoms with van der Waals surface area (Å²) in [6.07, 6.45) is 6.44. The number of pyridine rings is 1. The summed E-state index contributed by atoms with van der Waals surface area (Å²) < 4.78 is 0. The van der Waals surface area contributed by atoms with E-state index in [9.17, 15) is 0 Å². The number of hydrogen-bond donors (Lipinski definition) is 1. The first-order valence-corrected chi connectivity index (χ1v) is 7.30. The molecule has 1 aromatic carbocycles. The Bertz CT molecular complexity index is 633. The van der Waals surface area contributed by atoms with Gasteiger partial charge in [-0.3, -0.25) is 4.98 Å². The van der Waals surface area contributed by atoms with Gasteiger partial charge in [0.1, 0.15) is 0 Å². The number of allylic oxidation sites excluding steroid dienone is 1. The van der Waals surface area contributed by atoms with Crippen LogP contribution in [0.15, 0.2) is 48.2 Å². The van der Waals surface area contributed by atoms with Crippen molar-refractivity contribution in [2.75, 3.05) is 18.0 Å². The number of aromatic nitrogens is 1. The van der Waals surface area contributed by atoms with Crippen molar-refractivity contribution in [2.24, 2.45) is 5.73 Å². The predicted octanol–water partition coefficient (Wildman–Crippen LogP) is 3.11. The van der Waals surface area contributed by atoms with Gasteiger partial charge in [0.2, 0.25) is 0 Å². The van der Waals surface area contributed by atoms with Crippen LogP contribution in [0, 0.1) is 0 Å². The van der Waals surface area contributed by atoms with Gasteiger partial charge in [-0.05, 0) is 43.5 Å². The van der Waals surface area contributed by atoms with Crippen LogP contribution in [-0.2, 0) is 0 Å². The number of fused-ring (bicyclic) bond motifs is 1. The molecule has 20 heavy (non-hydrogen) atoms. The third kappa shape index (κ3) is 2.29. The average molecular weight is 267 g/mol. The summed E-state index contributed by atoms with van der Waals surface area (Å²) in [5.41, 5.74) is 9.54. The molecule has 3 nitrogen and oxygen atoms in total. The van der Waals surface area contributed by atoms with Crippen molar-refractivity contribution in [1.29, 1.82) is 0 Å². The molecule has 0 bridgehead atoms. The number of hydrogen-bond acceptors (Lipinski definition) is 3. The zero-order valence-electron chi connectivity index (χ0n) is 11.9. The molecule has 1 aliphatic rings. The van der Waals surface area contributed by atoms with E-state index in [1.807, 2.05) is 12.3 Å². The number of rotatable bonds is 3. The van der Waals surface area contributed by atoms with Gasteiger partial charge in [0, 0.05) is 30.4 Å². The van der Waals surface area contributed by atoms with Crippen molar-refractivity contribution in [1.82, 2.24) is 4.98 Å². The fraction of sp³-hybridized carbons (Fsp3) is 0.353. The topological polar surface area (TPSA) is 42.1 Å². The molecule has 0 aliphatic carbocycles. The van der Waals surface area contributed by atoms with Gasteiger partial charge in [-0.1, -0.05) is 18.2 Å². The molecule has 1 aliphatic heterocycles. The Morgan fingerprint density at radius 3 is 3.15 bits per heavy atom. The van der Waals surface area contributed by atoms with Gasteiger partial charge in [0.15, 0.2) is 0 Å². The standard InChI is InChI=1S/C17H21N3/c1-2-13(12-18)17-6-4-10-20(17)15-8-7-14-5-3-9-19-16(14)11-15/h2-3,5,7-9,11,17H,4,6,10,12,18H2,1H3. The third-order valence-corrected chi connectivity index (χ3v) is 4.21. The molecule has 2 heterocycles. The molecule has 104 valence electrons. The van der Waals surface area contributed by atoms with Crippen molar-refractivity contribution in [3.63, 3.8) is 0 Å². The number of anilines is 1. The Hall–Kier alpha value is -1.87. The lowest BCUT2D eigenvalue weighted by atomic mass is 10.0. The lowest BCUT2D eigenvalue weighted by molar-refractivity contribution is 0.741. The van der Waals surface area contributed by atoms with E-state index in [0.717, 1.165) is 12.1 Å². The highest BCUT2D eigenvalue weighted by Crippen LogP contribution is 2.30. The summed E-state index contributed by atoms with van der Waals surface area (Å²) in [5.74, 6) is 0. The van der Waals surface area contributed by atoms with Crippen molar-refractivity contribution < 1.29 is 0 Å². The smallest absolute Gasteiger partial charge is 0.0722 e. The van der Waals surface area contributed by atoms with E-state index >= 15 is 0 Å². The molecule has 2 N–H and O–H groups in total. The second-order valence-electron chi connectivity index (χ2n) is 5.30. The molecule has 0 amide bonds. The molecule has 0 radical (unpaired) electrons. The highest BCUT2D eigenvalue weighted by Gasteiger charge is 2.26. The van der Waals surface area contributed by atoms with Crippen molar-refractivity contribution in [3.8, 4) is 0 Å². The van der Waals surface area contributed by atoms with E-state index in [1.54, 1.807) is 0 Å². The lowest BCUT2D eigenvalue weighted by Gasteiger charge is -2.28. The maximum absolute atomic E-state index is 5.89. The Morgan fingerprint density at radius 1 is 1.45 bits per heavy atom. The first kappa shape index (κ1) is 13.1. The van der Waals surface area contributed by atoms with Crippen LogP contribution in [0.3, 0.4) is 0 Å². The molecule has 3 heteroatoms. The third-order valence-electron chi connectivity index (χ3n) is 4.21. The van der Waals surface area contributed by atoms with Gasteiger partial charge in [0.25, 0.3) is 0 Å². The van der Waals surface area contributed by atoms with E-state index < -0.39 is 0 Å². The molecule has 2 aromatic rings. The zero-order chi connectivity index (χ0) is 13.9. The molecular weight excluding hydrogens is 246 g/mol. The number of nitrogens with two attached hydrogens (primary N) is 1. The summed E-state index contributed by atoms with van der Waals surface area (Å²) in [6.45, 7) is 3.82. The van der Waals surface area contributed by atoms with E-state index in [0.29, 0.717) is 12.6 Å². The fourth-order valence-corrected chi connectivity index (χ4v) is 3.14. The highest BCUT2D eigenvalue weighted by molar-refractivity contribution is 5.82. The van der Waals surface area contributed by atoms with Crippen LogP contribution in [0.5, 0.6) is 0 Å². The Labute approximate surface area is 120 Å². The second kappa shape index (κ2) is 5.63. The van der Waals surface area contributed by atoms with Crippen LogP contribution < -0.4 is 10.6 Å². The quantitative estimate of drug-likeness (QED) is 0.869. The van der Waals surface area contributed by atoms with Gasteiger partial charge >= 0.3 is 0 Å². The Morgan fingerprint density at radius 2 is 2.35 bits per heavy atom. The minimum absolute atomic E-state index is 0.450. The van der Waals surface area contributed by atoms with Gasteiger partial charge in [-0.15, -0.1) is 0 Å². The van der Waals surface area contributed by atoms with Crippen LogP contribution in [0.2, 0.25) is 0 Å². The maximum Gasteiger partial charge on any atom is 0.0722 e. The fourth-order valence-electron chi connectivity index (χ4n) is 3.14. The van der Waals surface area contributed by atoms with Crippen LogP contribution in [0.1, 0.15) is 19.8 Å². The van der Waals surface area contributed by atoms with Crippen molar-refractivity contribution >= 4 is 16.6 Å². The number of nitrogens with zero attached hydrogens (tertiary/aromatic N) is 2. The summed E-state index contributed by atoms with van der Waals surface area (Å²) in [5, 5.41) is 1.19. The molecule has 0 saturated carbocycles. The maximum atomic E-state index is 5.89. The normalized spacial score (nSPS) is 19.8. The van der Waals surface area contributed by atoms with Gasteiger partial charge in [-0.2, -0.15) is 0 Å². The summed E-state index contributed by atoms with van der Waals surface area (Å²) in [6, 6.07) is 11.1. The Balaban J connectivity index is 1.97. The van der Waals surface area contributed by atoms with E-state index in [2.05, 4.69) is 47.1 Å². The molecule has 0 spiro atoms. The van der Waals surface area contributed by atoms with Crippen molar-refractivity contribution in [2.45, 2.75) is 25.8 Å². The summed E-state index contributed by atoms with van der Waals surface area (Å²) in [7, 11) is 0. The molecule has 1 saturated heterocycles. The van der Waals surface area contributed by atoms with Crippen LogP contribution in [0.4, 0.5) is 5.69 Å². The molecular formula is C17H21N3. The molecule has 1 fully saturated rings. The molecule has 1 atom stereocenters. The lowest BCUT2D eigenvalue weighted by Crippen LogP contribution is -2.33. The van der Waals surface area contributed by atoms with Gasteiger partial charge in [0.05, 0.1) is 11.6 Å². The first-order chi connectivity index (χ1) is 9.83. The van der Waals surface area contributed by atoms with Crippen LogP contribution >= 0.6 is 0 Å². The van der Waals surface area contributed by atoms with Gasteiger partial charge in [-0.25, -0.2) is 0 Å². The Kier molecular flexibility index (Phi) is 3.70. The zero-order valence-corrected chi connectivity index (χ0v) is 11.9. The van der Waals surface area contributed by atoms with Crippen molar-refractivity contribution in [3.05, 3.63) is 48.2 Å². The SMILES string of the molecule is CC=C(CN)C1CCCN1c1ccc2cccnc2c1. The number of benzene rings is 1. The van der Waals surface area contributed by atoms with Crippen LogP contribution in [-0.4, -0.2) is 24.1 Å². The largest absolute Gasteiger partial charge is 0.365 e. The minimum Gasteiger partial charge on any atom is -0.365 e. The highest BCUT2D eigenvalue weighted by atomic mass is 15.2. The predicted molar refractivity (Wildman–Crippen MR) is 84.9 cm³/mol. The minimum atomic E-state index is 0.450. The monoisotopic (exact) mass is 267 g/mol. The summed E-state index contributed by atoms with van der Waals surface area (Å²) in [4.78, 5) is 6.93. The summed E-state index contributed by atoms with van der Waals surface area (Å²) >= 11 is 0. The average Bonchev–Trinajstić information content (AvgIpc) is 2.97. The second-order valence-corrected chi connectivity index (χ2v) is 5.30. The van der Waals surface area contributed by atoms with E-state index in [-0.39, 0.29) is 0 Å².